The summed E-state index contributed by atoms with van der Waals surface area (Å²) >= 11 is 0.894. The molecular weight excluding hydrogens is 457 g/mol. The van der Waals surface area contributed by atoms with Crippen molar-refractivity contribution in [2.75, 3.05) is 11.9 Å². The normalized spacial score (nSPS) is 11.4. The largest absolute Gasteiger partial charge is 0.451 e. The number of hydrogen-bond acceptors (Lipinski definition) is 8. The van der Waals surface area contributed by atoms with Gasteiger partial charge in [-0.25, -0.2) is 9.78 Å². The standard InChI is InChI=1S/C18H13F3N4O6S/c1-8-13-15(22-7-24(2)16(13)27)32-14(8)17(28)31-6-12(26)23-10-4-3-9(18(19,20)21)5-11(10)25(29)30/h3-5,7H,6H2,1-2H3,(H,23,26). The number of nitrogens with zero attached hydrogens (tertiary/aromatic N) is 3. The van der Waals surface area contributed by atoms with Gasteiger partial charge < -0.3 is 14.6 Å². The van der Waals surface area contributed by atoms with Gasteiger partial charge in [0.25, 0.3) is 17.2 Å². The van der Waals surface area contributed by atoms with Crippen molar-refractivity contribution in [2.24, 2.45) is 7.05 Å². The van der Waals surface area contributed by atoms with E-state index in [0.29, 0.717) is 16.5 Å². The minimum atomic E-state index is -4.80. The molecule has 3 rings (SSSR count). The number of nitro benzene ring substituents is 1. The second kappa shape index (κ2) is 8.37. The molecule has 1 aromatic carbocycles. The number of nitro groups is 1. The van der Waals surface area contributed by atoms with E-state index < -0.39 is 46.5 Å². The second-order valence-corrected chi connectivity index (χ2v) is 7.51. The summed E-state index contributed by atoms with van der Waals surface area (Å²) in [7, 11) is 1.49. The zero-order valence-electron chi connectivity index (χ0n) is 16.3. The van der Waals surface area contributed by atoms with Gasteiger partial charge >= 0.3 is 12.1 Å². The SMILES string of the molecule is Cc1c(C(=O)OCC(=O)Nc2ccc(C(F)(F)F)cc2[N+](=O)[O-])sc2ncn(C)c(=O)c12. The van der Waals surface area contributed by atoms with E-state index >= 15 is 0 Å². The van der Waals surface area contributed by atoms with Gasteiger partial charge in [0.1, 0.15) is 15.4 Å². The van der Waals surface area contributed by atoms with Crippen molar-refractivity contribution in [2.45, 2.75) is 13.1 Å². The molecule has 0 aliphatic rings. The number of ether oxygens (including phenoxy) is 1. The van der Waals surface area contributed by atoms with Crippen molar-refractivity contribution in [1.82, 2.24) is 9.55 Å². The molecule has 0 radical (unpaired) electrons. The van der Waals surface area contributed by atoms with Gasteiger partial charge in [-0.05, 0) is 24.6 Å². The highest BCUT2D eigenvalue weighted by Gasteiger charge is 2.33. The van der Waals surface area contributed by atoms with E-state index in [4.69, 9.17) is 4.74 Å². The Kier molecular flexibility index (Phi) is 5.98. The molecule has 2 heterocycles. The smallest absolute Gasteiger partial charge is 0.416 e. The topological polar surface area (TPSA) is 133 Å². The van der Waals surface area contributed by atoms with Crippen molar-refractivity contribution in [3.63, 3.8) is 0 Å². The highest BCUT2D eigenvalue weighted by atomic mass is 32.1. The number of aryl methyl sites for hydroxylation is 2. The minimum absolute atomic E-state index is 0.0455. The zero-order valence-corrected chi connectivity index (χ0v) is 17.2. The van der Waals surface area contributed by atoms with E-state index in [0.717, 1.165) is 17.4 Å². The van der Waals surface area contributed by atoms with Crippen LogP contribution in [0, 0.1) is 17.0 Å². The van der Waals surface area contributed by atoms with Crippen molar-refractivity contribution in [3.8, 4) is 0 Å². The van der Waals surface area contributed by atoms with Gasteiger partial charge in [0, 0.05) is 13.1 Å². The lowest BCUT2D eigenvalue weighted by atomic mass is 10.1. The predicted octanol–water partition coefficient (Wildman–Crippen LogP) is 3.03. The molecule has 0 saturated heterocycles. The summed E-state index contributed by atoms with van der Waals surface area (Å²) < 4.78 is 44.4. The van der Waals surface area contributed by atoms with Crippen LogP contribution in [0.2, 0.25) is 0 Å². The summed E-state index contributed by atoms with van der Waals surface area (Å²) in [5.41, 5.74) is -2.76. The summed E-state index contributed by atoms with van der Waals surface area (Å²) in [6.07, 6.45) is -3.51. The van der Waals surface area contributed by atoms with Crippen LogP contribution in [0.25, 0.3) is 10.2 Å². The summed E-state index contributed by atoms with van der Waals surface area (Å²) in [5, 5.41) is 13.4. The number of benzene rings is 1. The molecule has 1 N–H and O–H groups in total. The lowest BCUT2D eigenvalue weighted by molar-refractivity contribution is -0.384. The van der Waals surface area contributed by atoms with Gasteiger partial charge in [0.15, 0.2) is 6.61 Å². The molecule has 0 bridgehead atoms. The van der Waals surface area contributed by atoms with Gasteiger partial charge in [0.05, 0.1) is 22.2 Å². The van der Waals surface area contributed by atoms with Gasteiger partial charge in [-0.3, -0.25) is 19.7 Å². The first-order valence-corrected chi connectivity index (χ1v) is 9.49. The number of anilines is 1. The number of carbonyl (C=O) groups is 2. The molecule has 0 unspecified atom stereocenters. The van der Waals surface area contributed by atoms with E-state index in [9.17, 15) is 37.7 Å². The summed E-state index contributed by atoms with van der Waals surface area (Å²) in [6.45, 7) is 0.653. The lowest BCUT2D eigenvalue weighted by Crippen LogP contribution is -2.21. The van der Waals surface area contributed by atoms with E-state index in [-0.39, 0.29) is 21.9 Å². The van der Waals surface area contributed by atoms with Gasteiger partial charge in [-0.2, -0.15) is 13.2 Å². The Labute approximate surface area is 180 Å². The first-order valence-electron chi connectivity index (χ1n) is 8.67. The number of nitrogens with one attached hydrogen (secondary N) is 1. The van der Waals surface area contributed by atoms with Crippen LogP contribution >= 0.6 is 11.3 Å². The molecule has 0 fully saturated rings. The first kappa shape index (κ1) is 22.9. The number of rotatable bonds is 5. The van der Waals surface area contributed by atoms with Crippen LogP contribution in [0.15, 0.2) is 29.3 Å². The van der Waals surface area contributed by atoms with Crippen molar-refractivity contribution < 1.29 is 32.4 Å². The maximum Gasteiger partial charge on any atom is 0.416 e. The van der Waals surface area contributed by atoms with Crippen molar-refractivity contribution in [1.29, 1.82) is 0 Å². The third-order valence-electron chi connectivity index (χ3n) is 4.33. The zero-order chi connectivity index (χ0) is 23.8. The molecule has 32 heavy (non-hydrogen) atoms. The average Bonchev–Trinajstić information content (AvgIpc) is 3.05. The number of alkyl halides is 3. The predicted molar refractivity (Wildman–Crippen MR) is 107 cm³/mol. The molecule has 0 atom stereocenters. The molecule has 0 spiro atoms. The molecule has 10 nitrogen and oxygen atoms in total. The first-order chi connectivity index (χ1) is 14.9. The van der Waals surface area contributed by atoms with Crippen molar-refractivity contribution in [3.05, 3.63) is 61.0 Å². The number of thiophene rings is 1. The molecule has 168 valence electrons. The quantitative estimate of drug-likeness (QED) is 0.344. The number of amides is 1. The fourth-order valence-corrected chi connectivity index (χ4v) is 3.78. The molecule has 0 aliphatic heterocycles. The highest BCUT2D eigenvalue weighted by molar-refractivity contribution is 7.20. The Morgan fingerprint density at radius 2 is 2.03 bits per heavy atom. The number of hydrogen-bond donors (Lipinski definition) is 1. The maximum atomic E-state index is 12.8. The molecule has 2 aromatic heterocycles. The molecule has 1 amide bonds. The molecule has 0 saturated carbocycles. The summed E-state index contributed by atoms with van der Waals surface area (Å²) in [5.74, 6) is -1.93. The van der Waals surface area contributed by atoms with E-state index in [1.54, 1.807) is 0 Å². The Hall–Kier alpha value is -3.81. The molecule has 14 heteroatoms. The van der Waals surface area contributed by atoms with E-state index in [1.165, 1.54) is 24.9 Å². The molecule has 0 aliphatic carbocycles. The maximum absolute atomic E-state index is 12.8. The number of fused-ring (bicyclic) bond motifs is 1. The van der Waals surface area contributed by atoms with Crippen LogP contribution in [0.3, 0.4) is 0 Å². The summed E-state index contributed by atoms with van der Waals surface area (Å²) in [4.78, 5) is 51.0. The Bertz CT molecular complexity index is 1310. The van der Waals surface area contributed by atoms with Crippen LogP contribution in [-0.4, -0.2) is 33.0 Å². The molecule has 3 aromatic rings. The van der Waals surface area contributed by atoms with Crippen LogP contribution in [0.1, 0.15) is 20.8 Å². The number of esters is 1. The van der Waals surface area contributed by atoms with Crippen LogP contribution in [-0.2, 0) is 22.8 Å². The second-order valence-electron chi connectivity index (χ2n) is 6.51. The fourth-order valence-electron chi connectivity index (χ4n) is 2.75. The fraction of sp³-hybridized carbons (Fsp3) is 0.222. The number of carbonyl (C=O) groups excluding carboxylic acids is 2. The minimum Gasteiger partial charge on any atom is -0.451 e. The Morgan fingerprint density at radius 1 is 1.34 bits per heavy atom. The van der Waals surface area contributed by atoms with Gasteiger partial charge in [-0.1, -0.05) is 0 Å². The third kappa shape index (κ3) is 4.44. The summed E-state index contributed by atoms with van der Waals surface area (Å²) in [6, 6.07) is 1.59. The lowest BCUT2D eigenvalue weighted by Gasteiger charge is -2.10. The molecular formula is C18H13F3N4O6S. The van der Waals surface area contributed by atoms with Crippen molar-refractivity contribution >= 4 is 44.8 Å². The Morgan fingerprint density at radius 3 is 2.66 bits per heavy atom. The van der Waals surface area contributed by atoms with E-state index in [1.807, 2.05) is 5.32 Å². The number of aromatic nitrogens is 2. The highest BCUT2D eigenvalue weighted by Crippen LogP contribution is 2.35. The van der Waals surface area contributed by atoms with Crippen LogP contribution in [0.5, 0.6) is 0 Å². The van der Waals surface area contributed by atoms with Crippen LogP contribution < -0.4 is 10.9 Å². The van der Waals surface area contributed by atoms with Gasteiger partial charge in [-0.15, -0.1) is 11.3 Å². The van der Waals surface area contributed by atoms with Gasteiger partial charge in [0.2, 0.25) is 0 Å². The third-order valence-corrected chi connectivity index (χ3v) is 5.51. The van der Waals surface area contributed by atoms with Crippen LogP contribution in [0.4, 0.5) is 24.5 Å². The number of halogens is 3. The monoisotopic (exact) mass is 470 g/mol. The Balaban J connectivity index is 1.74. The van der Waals surface area contributed by atoms with E-state index in [2.05, 4.69) is 4.98 Å². The average molecular weight is 470 g/mol.